The van der Waals surface area contributed by atoms with E-state index in [9.17, 15) is 0 Å². The molecule has 1 aromatic carbocycles. The topological polar surface area (TPSA) is 37.3 Å². The Morgan fingerprint density at radius 3 is 2.72 bits per heavy atom. The molecule has 0 saturated heterocycles. The molecule has 18 heavy (non-hydrogen) atoms. The molecule has 0 radical (unpaired) electrons. The summed E-state index contributed by atoms with van der Waals surface area (Å²) in [5, 5.41) is 3.30. The van der Waals surface area contributed by atoms with Gasteiger partial charge in [-0.05, 0) is 18.2 Å². The third kappa shape index (κ3) is 3.34. The summed E-state index contributed by atoms with van der Waals surface area (Å²) in [5.41, 5.74) is 1.86. The first-order chi connectivity index (χ1) is 8.79. The van der Waals surface area contributed by atoms with Crippen LogP contribution in [0.3, 0.4) is 0 Å². The first-order valence-electron chi connectivity index (χ1n) is 5.82. The maximum atomic E-state index is 4.56. The van der Waals surface area contributed by atoms with Crippen molar-refractivity contribution in [1.29, 1.82) is 0 Å². The van der Waals surface area contributed by atoms with Gasteiger partial charge in [0.25, 0.3) is 0 Å². The number of rotatable bonds is 3. The van der Waals surface area contributed by atoms with Gasteiger partial charge in [-0.3, -0.25) is 4.98 Å². The van der Waals surface area contributed by atoms with Gasteiger partial charge in [0, 0.05) is 29.4 Å². The molecule has 1 N–H and O–H groups in total. The standard InChI is InChI=1S/C14H15N3S/c1-2-14(16-11-6-4-3-5-7-11)17-12-8-9-15-10-13(12)18/h3-10,18H,2H2,1H3,(H,15,16,17). The Morgan fingerprint density at radius 1 is 1.28 bits per heavy atom. The summed E-state index contributed by atoms with van der Waals surface area (Å²) in [4.78, 5) is 9.33. The van der Waals surface area contributed by atoms with Crippen LogP contribution in [-0.2, 0) is 0 Å². The highest BCUT2D eigenvalue weighted by Crippen LogP contribution is 2.21. The van der Waals surface area contributed by atoms with Crippen LogP contribution in [0.15, 0.2) is 58.7 Å². The number of hydrogen-bond donors (Lipinski definition) is 2. The van der Waals surface area contributed by atoms with Crippen LogP contribution in [0, 0.1) is 0 Å². The molecule has 0 amide bonds. The normalized spacial score (nSPS) is 11.3. The summed E-state index contributed by atoms with van der Waals surface area (Å²) in [5.74, 6) is 0.905. The minimum atomic E-state index is 0.776. The van der Waals surface area contributed by atoms with E-state index in [0.29, 0.717) is 0 Å². The van der Waals surface area contributed by atoms with Crippen molar-refractivity contribution >= 4 is 29.8 Å². The van der Waals surface area contributed by atoms with E-state index in [-0.39, 0.29) is 0 Å². The predicted octanol–water partition coefficient (Wildman–Crippen LogP) is 3.92. The lowest BCUT2D eigenvalue weighted by molar-refractivity contribution is 1.20. The fourth-order valence-corrected chi connectivity index (χ4v) is 1.69. The lowest BCUT2D eigenvalue weighted by Crippen LogP contribution is -2.10. The molecule has 2 aromatic rings. The fourth-order valence-electron chi connectivity index (χ4n) is 1.50. The smallest absolute Gasteiger partial charge is 0.106 e. The molecule has 0 aliphatic heterocycles. The SMILES string of the molecule is CC/C(=N/c1ccncc1S)Nc1ccccc1. The summed E-state index contributed by atoms with van der Waals surface area (Å²) in [6.45, 7) is 2.06. The molecule has 2 rings (SSSR count). The average molecular weight is 257 g/mol. The zero-order chi connectivity index (χ0) is 12.8. The van der Waals surface area contributed by atoms with Crippen molar-refractivity contribution < 1.29 is 0 Å². The van der Waals surface area contributed by atoms with Crippen molar-refractivity contribution in [2.75, 3.05) is 5.32 Å². The van der Waals surface area contributed by atoms with Crippen molar-refractivity contribution in [3.8, 4) is 0 Å². The molecule has 0 spiro atoms. The Balaban J connectivity index is 2.21. The quantitative estimate of drug-likeness (QED) is 0.497. The maximum Gasteiger partial charge on any atom is 0.106 e. The molecule has 3 nitrogen and oxygen atoms in total. The Bertz CT molecular complexity index is 538. The maximum absolute atomic E-state index is 4.56. The molecule has 92 valence electrons. The van der Waals surface area contributed by atoms with Crippen molar-refractivity contribution in [1.82, 2.24) is 4.98 Å². The summed E-state index contributed by atoms with van der Waals surface area (Å²) >= 11 is 4.34. The van der Waals surface area contributed by atoms with E-state index < -0.39 is 0 Å². The van der Waals surface area contributed by atoms with Gasteiger partial charge in [-0.2, -0.15) is 0 Å². The van der Waals surface area contributed by atoms with E-state index in [0.717, 1.165) is 28.5 Å². The number of aromatic nitrogens is 1. The number of nitrogens with one attached hydrogen (secondary N) is 1. The van der Waals surface area contributed by atoms with E-state index in [1.807, 2.05) is 36.4 Å². The van der Waals surface area contributed by atoms with Crippen LogP contribution in [0.1, 0.15) is 13.3 Å². The van der Waals surface area contributed by atoms with E-state index >= 15 is 0 Å². The summed E-state index contributed by atoms with van der Waals surface area (Å²) in [6, 6.07) is 11.9. The molecule has 0 fully saturated rings. The molecule has 0 aliphatic rings. The molecule has 1 aromatic heterocycles. The minimum absolute atomic E-state index is 0.776. The van der Waals surface area contributed by atoms with Crippen LogP contribution >= 0.6 is 12.6 Å². The van der Waals surface area contributed by atoms with Crippen LogP contribution in [0.5, 0.6) is 0 Å². The molecule has 0 unspecified atom stereocenters. The van der Waals surface area contributed by atoms with E-state index in [1.54, 1.807) is 12.4 Å². The second kappa shape index (κ2) is 6.21. The zero-order valence-corrected chi connectivity index (χ0v) is 11.1. The molecule has 0 aliphatic carbocycles. The predicted molar refractivity (Wildman–Crippen MR) is 78.9 cm³/mol. The number of anilines is 1. The molecule has 0 saturated carbocycles. The molecule has 0 bridgehead atoms. The lowest BCUT2D eigenvalue weighted by atomic mass is 10.3. The van der Waals surface area contributed by atoms with Gasteiger partial charge in [-0.15, -0.1) is 12.6 Å². The van der Waals surface area contributed by atoms with Crippen LogP contribution in [0.4, 0.5) is 11.4 Å². The molecule has 0 atom stereocenters. The third-order valence-corrected chi connectivity index (χ3v) is 2.78. The number of benzene rings is 1. The zero-order valence-electron chi connectivity index (χ0n) is 10.2. The Kier molecular flexibility index (Phi) is 4.36. The average Bonchev–Trinajstić information content (AvgIpc) is 2.41. The third-order valence-electron chi connectivity index (χ3n) is 2.43. The number of aliphatic imine (C=N–C) groups is 1. The minimum Gasteiger partial charge on any atom is -0.344 e. The van der Waals surface area contributed by atoms with Gasteiger partial charge in [0.05, 0.1) is 5.69 Å². The van der Waals surface area contributed by atoms with Crippen molar-refractivity contribution in [2.24, 2.45) is 4.99 Å². The van der Waals surface area contributed by atoms with Gasteiger partial charge in [0.15, 0.2) is 0 Å². The molecular weight excluding hydrogens is 242 g/mol. The monoisotopic (exact) mass is 257 g/mol. The Morgan fingerprint density at radius 2 is 2.06 bits per heavy atom. The largest absolute Gasteiger partial charge is 0.344 e. The lowest BCUT2D eigenvalue weighted by Gasteiger charge is -2.08. The van der Waals surface area contributed by atoms with E-state index in [2.05, 4.69) is 34.8 Å². The number of amidine groups is 1. The summed E-state index contributed by atoms with van der Waals surface area (Å²) < 4.78 is 0. The van der Waals surface area contributed by atoms with Gasteiger partial charge >= 0.3 is 0 Å². The second-order valence-corrected chi connectivity index (χ2v) is 4.25. The Hall–Kier alpha value is -1.81. The van der Waals surface area contributed by atoms with Crippen molar-refractivity contribution in [3.05, 3.63) is 48.8 Å². The van der Waals surface area contributed by atoms with Crippen molar-refractivity contribution in [2.45, 2.75) is 18.2 Å². The summed E-state index contributed by atoms with van der Waals surface area (Å²) in [7, 11) is 0. The van der Waals surface area contributed by atoms with Gasteiger partial charge in [-0.1, -0.05) is 25.1 Å². The highest BCUT2D eigenvalue weighted by atomic mass is 32.1. The van der Waals surface area contributed by atoms with Crippen LogP contribution in [-0.4, -0.2) is 10.8 Å². The highest BCUT2D eigenvalue weighted by molar-refractivity contribution is 7.80. The first kappa shape index (κ1) is 12.6. The first-order valence-corrected chi connectivity index (χ1v) is 6.27. The highest BCUT2D eigenvalue weighted by Gasteiger charge is 2.00. The number of para-hydroxylation sites is 1. The van der Waals surface area contributed by atoms with Gasteiger partial charge in [0.1, 0.15) is 5.84 Å². The molecule has 1 heterocycles. The van der Waals surface area contributed by atoms with Crippen molar-refractivity contribution in [3.63, 3.8) is 0 Å². The van der Waals surface area contributed by atoms with Gasteiger partial charge in [-0.25, -0.2) is 4.99 Å². The van der Waals surface area contributed by atoms with Crippen LogP contribution < -0.4 is 5.32 Å². The van der Waals surface area contributed by atoms with Crippen LogP contribution in [0.2, 0.25) is 0 Å². The fraction of sp³-hybridized carbons (Fsp3) is 0.143. The molecular formula is C14H15N3S. The number of pyridine rings is 1. The summed E-state index contributed by atoms with van der Waals surface area (Å²) in [6.07, 6.45) is 4.23. The van der Waals surface area contributed by atoms with Gasteiger partial charge in [0.2, 0.25) is 0 Å². The van der Waals surface area contributed by atoms with E-state index in [1.165, 1.54) is 0 Å². The number of hydrogen-bond acceptors (Lipinski definition) is 3. The number of thiol groups is 1. The van der Waals surface area contributed by atoms with Crippen LogP contribution in [0.25, 0.3) is 0 Å². The van der Waals surface area contributed by atoms with Gasteiger partial charge < -0.3 is 5.32 Å². The second-order valence-electron chi connectivity index (χ2n) is 3.77. The molecule has 4 heteroatoms. The number of nitrogens with zero attached hydrogens (tertiary/aromatic N) is 2. The Labute approximate surface area is 112 Å². The van der Waals surface area contributed by atoms with E-state index in [4.69, 9.17) is 0 Å².